The molecule has 0 fully saturated rings. The van der Waals surface area contributed by atoms with Crippen molar-refractivity contribution < 1.29 is 23.9 Å². The molecule has 2 rings (SSSR count). The molecule has 0 spiro atoms. The van der Waals surface area contributed by atoms with E-state index in [2.05, 4.69) is 5.32 Å². The second-order valence-corrected chi connectivity index (χ2v) is 6.67. The third-order valence-corrected chi connectivity index (χ3v) is 4.84. The highest BCUT2D eigenvalue weighted by molar-refractivity contribution is 7.18. The van der Waals surface area contributed by atoms with Crippen molar-refractivity contribution in [2.24, 2.45) is 0 Å². The molecule has 2 aromatic rings. The molecule has 0 atom stereocenters. The fraction of sp³-hybridized carbons (Fsp3) is 0.278. The number of hydrogen-bond acceptors (Lipinski definition) is 4. The number of nitrogens with zero attached hydrogens (tertiary/aromatic N) is 1. The predicted octanol–water partition coefficient (Wildman–Crippen LogP) is 3.38. The maximum atomic E-state index is 13.2. The van der Waals surface area contributed by atoms with Gasteiger partial charge in [0.25, 0.3) is 11.8 Å². The maximum absolute atomic E-state index is 13.2. The van der Waals surface area contributed by atoms with Gasteiger partial charge in [0.15, 0.2) is 0 Å². The third-order valence-electron chi connectivity index (χ3n) is 3.70. The Morgan fingerprint density at radius 2 is 2.00 bits per heavy atom. The van der Waals surface area contributed by atoms with Crippen molar-refractivity contribution in [3.05, 3.63) is 52.2 Å². The summed E-state index contributed by atoms with van der Waals surface area (Å²) in [5.41, 5.74) is 0.865. The van der Waals surface area contributed by atoms with Crippen LogP contribution in [0.3, 0.4) is 0 Å². The van der Waals surface area contributed by atoms with E-state index in [0.717, 1.165) is 17.4 Å². The SMILES string of the molecule is CCN(CCC(=O)O)C(=O)c1sc(NC(=O)c2cccc(F)c2)cc1C. The minimum atomic E-state index is -0.970. The monoisotopic (exact) mass is 378 g/mol. The summed E-state index contributed by atoms with van der Waals surface area (Å²) in [5.74, 6) is -2.22. The molecule has 6 nitrogen and oxygen atoms in total. The van der Waals surface area contributed by atoms with Crippen LogP contribution in [0.25, 0.3) is 0 Å². The molecule has 0 unspecified atom stereocenters. The van der Waals surface area contributed by atoms with Gasteiger partial charge in [0, 0.05) is 18.7 Å². The van der Waals surface area contributed by atoms with Gasteiger partial charge in [-0.05, 0) is 43.7 Å². The van der Waals surface area contributed by atoms with E-state index in [1.54, 1.807) is 19.9 Å². The van der Waals surface area contributed by atoms with Crippen molar-refractivity contribution in [2.45, 2.75) is 20.3 Å². The number of amides is 2. The summed E-state index contributed by atoms with van der Waals surface area (Å²) in [6.45, 7) is 4.02. The fourth-order valence-electron chi connectivity index (χ4n) is 2.35. The molecule has 0 radical (unpaired) electrons. The second-order valence-electron chi connectivity index (χ2n) is 5.62. The molecule has 1 aromatic carbocycles. The van der Waals surface area contributed by atoms with Crippen LogP contribution in [0, 0.1) is 12.7 Å². The summed E-state index contributed by atoms with van der Waals surface area (Å²) in [7, 11) is 0. The Bertz CT molecular complexity index is 834. The molecule has 1 heterocycles. The molecule has 1 aromatic heterocycles. The first-order valence-corrected chi connectivity index (χ1v) is 8.82. The first-order valence-electron chi connectivity index (χ1n) is 8.00. The number of nitrogens with one attached hydrogen (secondary N) is 1. The first-order chi connectivity index (χ1) is 12.3. The minimum Gasteiger partial charge on any atom is -0.481 e. The topological polar surface area (TPSA) is 86.7 Å². The maximum Gasteiger partial charge on any atom is 0.305 e. The number of carboxylic acid groups (broad SMARTS) is 1. The van der Waals surface area contributed by atoms with Crippen LogP contribution in [0.4, 0.5) is 9.39 Å². The molecule has 8 heteroatoms. The smallest absolute Gasteiger partial charge is 0.305 e. The summed E-state index contributed by atoms with van der Waals surface area (Å²) < 4.78 is 13.2. The van der Waals surface area contributed by atoms with E-state index in [-0.39, 0.29) is 24.4 Å². The predicted molar refractivity (Wildman–Crippen MR) is 97.2 cm³/mol. The van der Waals surface area contributed by atoms with E-state index in [1.807, 2.05) is 0 Å². The number of benzene rings is 1. The molecule has 0 aliphatic carbocycles. The Morgan fingerprint density at radius 3 is 2.62 bits per heavy atom. The number of halogens is 1. The molecule has 0 bridgehead atoms. The number of hydrogen-bond donors (Lipinski definition) is 2. The van der Waals surface area contributed by atoms with Crippen LogP contribution in [-0.4, -0.2) is 40.9 Å². The zero-order chi connectivity index (χ0) is 19.3. The Labute approximate surface area is 154 Å². The van der Waals surface area contributed by atoms with Gasteiger partial charge in [0.2, 0.25) is 0 Å². The Kier molecular flexibility index (Phi) is 6.46. The zero-order valence-electron chi connectivity index (χ0n) is 14.4. The minimum absolute atomic E-state index is 0.118. The Morgan fingerprint density at radius 1 is 1.27 bits per heavy atom. The third kappa shape index (κ3) is 4.89. The molecule has 0 saturated heterocycles. The number of carbonyl (C=O) groups is 3. The van der Waals surface area contributed by atoms with Gasteiger partial charge >= 0.3 is 5.97 Å². The average molecular weight is 378 g/mol. The van der Waals surface area contributed by atoms with Crippen molar-refractivity contribution >= 4 is 34.1 Å². The lowest BCUT2D eigenvalue weighted by atomic mass is 10.2. The van der Waals surface area contributed by atoms with Crippen LogP contribution >= 0.6 is 11.3 Å². The Hall–Kier alpha value is -2.74. The molecular formula is C18H19FN2O4S. The number of aryl methyl sites for hydroxylation is 1. The number of anilines is 1. The van der Waals surface area contributed by atoms with Gasteiger partial charge in [-0.3, -0.25) is 14.4 Å². The summed E-state index contributed by atoms with van der Waals surface area (Å²) >= 11 is 1.11. The highest BCUT2D eigenvalue weighted by Crippen LogP contribution is 2.28. The lowest BCUT2D eigenvalue weighted by molar-refractivity contribution is -0.137. The summed E-state index contributed by atoms with van der Waals surface area (Å²) in [6.07, 6.45) is -0.132. The molecule has 0 aliphatic rings. The van der Waals surface area contributed by atoms with Crippen molar-refractivity contribution in [1.29, 1.82) is 0 Å². The second kappa shape index (κ2) is 8.57. The first kappa shape index (κ1) is 19.6. The molecule has 26 heavy (non-hydrogen) atoms. The number of aliphatic carboxylic acids is 1. The highest BCUT2D eigenvalue weighted by atomic mass is 32.1. The van der Waals surface area contributed by atoms with Crippen LogP contribution < -0.4 is 5.32 Å². The van der Waals surface area contributed by atoms with Crippen molar-refractivity contribution in [2.75, 3.05) is 18.4 Å². The molecule has 138 valence electrons. The van der Waals surface area contributed by atoms with Gasteiger partial charge in [-0.25, -0.2) is 4.39 Å². The van der Waals surface area contributed by atoms with E-state index in [0.29, 0.717) is 22.0 Å². The van der Waals surface area contributed by atoms with E-state index in [4.69, 9.17) is 5.11 Å². The van der Waals surface area contributed by atoms with Crippen LogP contribution in [0.1, 0.15) is 38.9 Å². The lowest BCUT2D eigenvalue weighted by Crippen LogP contribution is -2.32. The van der Waals surface area contributed by atoms with Gasteiger partial charge in [-0.1, -0.05) is 6.07 Å². The van der Waals surface area contributed by atoms with E-state index in [9.17, 15) is 18.8 Å². The van der Waals surface area contributed by atoms with Gasteiger partial charge in [0.05, 0.1) is 16.3 Å². The van der Waals surface area contributed by atoms with Crippen molar-refractivity contribution in [3.63, 3.8) is 0 Å². The number of rotatable bonds is 7. The van der Waals surface area contributed by atoms with Gasteiger partial charge in [0.1, 0.15) is 5.82 Å². The van der Waals surface area contributed by atoms with Crippen LogP contribution in [0.15, 0.2) is 30.3 Å². The van der Waals surface area contributed by atoms with Gasteiger partial charge < -0.3 is 15.3 Å². The van der Waals surface area contributed by atoms with E-state index in [1.165, 1.54) is 23.1 Å². The normalized spacial score (nSPS) is 10.4. The fourth-order valence-corrected chi connectivity index (χ4v) is 3.38. The van der Waals surface area contributed by atoms with Gasteiger partial charge in [-0.2, -0.15) is 0 Å². The number of carboxylic acids is 1. The highest BCUT2D eigenvalue weighted by Gasteiger charge is 2.21. The summed E-state index contributed by atoms with van der Waals surface area (Å²) in [6, 6.07) is 6.99. The molecule has 2 N–H and O–H groups in total. The molecular weight excluding hydrogens is 359 g/mol. The molecule has 2 amide bonds. The molecule has 0 aliphatic heterocycles. The van der Waals surface area contributed by atoms with E-state index < -0.39 is 17.7 Å². The Balaban J connectivity index is 2.13. The average Bonchev–Trinajstić information content (AvgIpc) is 2.95. The summed E-state index contributed by atoms with van der Waals surface area (Å²) in [4.78, 5) is 37.4. The standard InChI is InChI=1S/C18H19FN2O4S/c1-3-21(8-7-15(22)23)18(25)16-11(2)9-14(26-16)20-17(24)12-5-4-6-13(19)10-12/h4-6,9-10H,3,7-8H2,1-2H3,(H,20,24)(H,22,23). The van der Waals surface area contributed by atoms with Crippen LogP contribution in [0.5, 0.6) is 0 Å². The number of carbonyl (C=O) groups excluding carboxylic acids is 2. The summed E-state index contributed by atoms with van der Waals surface area (Å²) in [5, 5.41) is 11.9. The van der Waals surface area contributed by atoms with Crippen molar-refractivity contribution in [1.82, 2.24) is 4.90 Å². The zero-order valence-corrected chi connectivity index (χ0v) is 15.2. The van der Waals surface area contributed by atoms with Crippen molar-refractivity contribution in [3.8, 4) is 0 Å². The van der Waals surface area contributed by atoms with Crippen LogP contribution in [-0.2, 0) is 4.79 Å². The quantitative estimate of drug-likeness (QED) is 0.773. The number of thiophene rings is 1. The van der Waals surface area contributed by atoms with Crippen LogP contribution in [0.2, 0.25) is 0 Å². The van der Waals surface area contributed by atoms with E-state index >= 15 is 0 Å². The largest absolute Gasteiger partial charge is 0.481 e. The lowest BCUT2D eigenvalue weighted by Gasteiger charge is -2.19. The molecule has 0 saturated carbocycles. The van der Waals surface area contributed by atoms with Gasteiger partial charge in [-0.15, -0.1) is 11.3 Å².